The van der Waals surface area contributed by atoms with Crippen molar-refractivity contribution in [2.24, 2.45) is 11.1 Å². The van der Waals surface area contributed by atoms with E-state index in [4.69, 9.17) is 22.7 Å². The van der Waals surface area contributed by atoms with E-state index < -0.39 is 0 Å². The van der Waals surface area contributed by atoms with Gasteiger partial charge in [-0.2, -0.15) is 0 Å². The number of ether oxygens (including phenoxy) is 1. The average molecular weight is 244 g/mol. The standard InChI is InChI=1S/C12H24N2OS/c1-12(2,11(13)16)6-7-14(3)10-4-8-15-9-5-10/h10H,4-9H2,1-3H3,(H2,13,16). The molecule has 0 unspecified atom stereocenters. The zero-order valence-electron chi connectivity index (χ0n) is 10.7. The fourth-order valence-corrected chi connectivity index (χ4v) is 1.99. The lowest BCUT2D eigenvalue weighted by molar-refractivity contribution is 0.0411. The lowest BCUT2D eigenvalue weighted by Crippen LogP contribution is -2.40. The van der Waals surface area contributed by atoms with E-state index in [-0.39, 0.29) is 5.41 Å². The highest BCUT2D eigenvalue weighted by atomic mass is 32.1. The predicted octanol–water partition coefficient (Wildman–Crippen LogP) is 1.80. The van der Waals surface area contributed by atoms with Crippen molar-refractivity contribution in [3.63, 3.8) is 0 Å². The van der Waals surface area contributed by atoms with Crippen LogP contribution < -0.4 is 5.73 Å². The summed E-state index contributed by atoms with van der Waals surface area (Å²) in [5.74, 6) is 0. The highest BCUT2D eigenvalue weighted by molar-refractivity contribution is 7.80. The minimum atomic E-state index is -0.0330. The van der Waals surface area contributed by atoms with Crippen LogP contribution in [-0.2, 0) is 4.74 Å². The van der Waals surface area contributed by atoms with Crippen LogP contribution in [0.4, 0.5) is 0 Å². The van der Waals surface area contributed by atoms with Crippen molar-refractivity contribution >= 4 is 17.2 Å². The molecule has 0 amide bonds. The van der Waals surface area contributed by atoms with Crippen molar-refractivity contribution in [3.05, 3.63) is 0 Å². The Morgan fingerprint density at radius 1 is 1.44 bits per heavy atom. The Morgan fingerprint density at radius 3 is 2.50 bits per heavy atom. The van der Waals surface area contributed by atoms with E-state index in [1.807, 2.05) is 0 Å². The van der Waals surface area contributed by atoms with Crippen molar-refractivity contribution in [2.75, 3.05) is 26.8 Å². The lowest BCUT2D eigenvalue weighted by Gasteiger charge is -2.33. The van der Waals surface area contributed by atoms with Crippen LogP contribution in [0, 0.1) is 5.41 Å². The Bertz CT molecular complexity index is 237. The molecule has 1 heterocycles. The molecule has 0 radical (unpaired) electrons. The molecular formula is C12H24N2OS. The topological polar surface area (TPSA) is 38.5 Å². The van der Waals surface area contributed by atoms with Crippen molar-refractivity contribution < 1.29 is 4.74 Å². The molecule has 0 aliphatic carbocycles. The third-order valence-corrected chi connectivity index (χ3v) is 4.12. The minimum Gasteiger partial charge on any atom is -0.393 e. The molecule has 0 aromatic carbocycles. The van der Waals surface area contributed by atoms with Gasteiger partial charge in [-0.1, -0.05) is 26.1 Å². The van der Waals surface area contributed by atoms with E-state index in [0.717, 1.165) is 39.0 Å². The Kier molecular flexibility index (Phi) is 5.15. The number of rotatable bonds is 5. The van der Waals surface area contributed by atoms with E-state index in [0.29, 0.717) is 11.0 Å². The quantitative estimate of drug-likeness (QED) is 0.749. The summed E-state index contributed by atoms with van der Waals surface area (Å²) in [4.78, 5) is 3.04. The number of thiocarbonyl (C=S) groups is 1. The third kappa shape index (κ3) is 4.00. The predicted molar refractivity (Wildman–Crippen MR) is 71.7 cm³/mol. The second-order valence-corrected chi connectivity index (χ2v) is 5.76. The van der Waals surface area contributed by atoms with Gasteiger partial charge in [0.25, 0.3) is 0 Å². The number of nitrogens with two attached hydrogens (primary N) is 1. The normalized spacial score (nSPS) is 19.0. The molecule has 0 saturated carbocycles. The first kappa shape index (κ1) is 13.9. The summed E-state index contributed by atoms with van der Waals surface area (Å²) in [6.45, 7) is 7.08. The molecule has 16 heavy (non-hydrogen) atoms. The van der Waals surface area contributed by atoms with Gasteiger partial charge in [-0.15, -0.1) is 0 Å². The van der Waals surface area contributed by atoms with E-state index >= 15 is 0 Å². The summed E-state index contributed by atoms with van der Waals surface area (Å²) in [5.41, 5.74) is 5.69. The summed E-state index contributed by atoms with van der Waals surface area (Å²) in [6, 6.07) is 0.663. The fourth-order valence-electron chi connectivity index (χ4n) is 1.89. The van der Waals surface area contributed by atoms with Crippen molar-refractivity contribution in [1.29, 1.82) is 0 Å². The van der Waals surface area contributed by atoms with Gasteiger partial charge in [0, 0.05) is 24.7 Å². The number of nitrogens with zero attached hydrogens (tertiary/aromatic N) is 1. The monoisotopic (exact) mass is 244 g/mol. The largest absolute Gasteiger partial charge is 0.393 e. The maximum absolute atomic E-state index is 5.73. The Labute approximate surface area is 104 Å². The molecule has 1 aliphatic rings. The smallest absolute Gasteiger partial charge is 0.0784 e. The minimum absolute atomic E-state index is 0.0330. The van der Waals surface area contributed by atoms with Gasteiger partial charge >= 0.3 is 0 Å². The Hall–Kier alpha value is -0.190. The van der Waals surface area contributed by atoms with Gasteiger partial charge in [0.1, 0.15) is 0 Å². The molecule has 1 fully saturated rings. The molecule has 0 atom stereocenters. The van der Waals surface area contributed by atoms with Crippen molar-refractivity contribution in [2.45, 2.75) is 39.2 Å². The van der Waals surface area contributed by atoms with Gasteiger partial charge in [0.05, 0.1) is 4.99 Å². The van der Waals surface area contributed by atoms with Crippen LogP contribution in [0.3, 0.4) is 0 Å². The van der Waals surface area contributed by atoms with Gasteiger partial charge in [-0.05, 0) is 32.9 Å². The first-order valence-electron chi connectivity index (χ1n) is 6.01. The highest BCUT2D eigenvalue weighted by Crippen LogP contribution is 2.22. The second kappa shape index (κ2) is 5.94. The van der Waals surface area contributed by atoms with Crippen LogP contribution in [-0.4, -0.2) is 42.7 Å². The van der Waals surface area contributed by atoms with E-state index in [2.05, 4.69) is 25.8 Å². The molecule has 2 N–H and O–H groups in total. The van der Waals surface area contributed by atoms with Crippen molar-refractivity contribution in [3.8, 4) is 0 Å². The summed E-state index contributed by atoms with van der Waals surface area (Å²) in [7, 11) is 2.19. The Morgan fingerprint density at radius 2 is 2.00 bits per heavy atom. The number of hydrogen-bond donors (Lipinski definition) is 1. The number of hydrogen-bond acceptors (Lipinski definition) is 3. The Balaban J connectivity index is 2.33. The molecule has 0 spiro atoms. The van der Waals surface area contributed by atoms with E-state index in [1.165, 1.54) is 0 Å². The van der Waals surface area contributed by atoms with Crippen molar-refractivity contribution in [1.82, 2.24) is 4.90 Å². The molecular weight excluding hydrogens is 220 g/mol. The highest BCUT2D eigenvalue weighted by Gasteiger charge is 2.24. The molecule has 0 aromatic rings. The van der Waals surface area contributed by atoms with Gasteiger partial charge in [-0.3, -0.25) is 0 Å². The first-order chi connectivity index (χ1) is 7.43. The molecule has 4 heteroatoms. The summed E-state index contributed by atoms with van der Waals surface area (Å²) in [6.07, 6.45) is 3.31. The maximum Gasteiger partial charge on any atom is 0.0784 e. The zero-order valence-corrected chi connectivity index (χ0v) is 11.5. The van der Waals surface area contributed by atoms with Crippen LogP contribution in [0.5, 0.6) is 0 Å². The third-order valence-electron chi connectivity index (χ3n) is 3.57. The summed E-state index contributed by atoms with van der Waals surface area (Å²) in [5, 5.41) is 0. The van der Waals surface area contributed by atoms with Crippen LogP contribution >= 0.6 is 12.2 Å². The molecule has 1 saturated heterocycles. The van der Waals surface area contributed by atoms with Crippen LogP contribution in [0.2, 0.25) is 0 Å². The average Bonchev–Trinajstić information content (AvgIpc) is 2.27. The van der Waals surface area contributed by atoms with E-state index in [9.17, 15) is 0 Å². The maximum atomic E-state index is 5.73. The first-order valence-corrected chi connectivity index (χ1v) is 6.42. The summed E-state index contributed by atoms with van der Waals surface area (Å²) < 4.78 is 5.37. The van der Waals surface area contributed by atoms with Gasteiger partial charge in [-0.25, -0.2) is 0 Å². The molecule has 94 valence electrons. The van der Waals surface area contributed by atoms with Gasteiger partial charge < -0.3 is 15.4 Å². The van der Waals surface area contributed by atoms with Crippen LogP contribution in [0.15, 0.2) is 0 Å². The lowest BCUT2D eigenvalue weighted by atomic mass is 9.89. The van der Waals surface area contributed by atoms with Crippen LogP contribution in [0.25, 0.3) is 0 Å². The summed E-state index contributed by atoms with van der Waals surface area (Å²) >= 11 is 5.08. The molecule has 0 aromatic heterocycles. The molecule has 1 rings (SSSR count). The molecule has 0 bridgehead atoms. The van der Waals surface area contributed by atoms with Gasteiger partial charge in [0.2, 0.25) is 0 Å². The molecule has 1 aliphatic heterocycles. The second-order valence-electron chi connectivity index (χ2n) is 5.32. The molecule has 3 nitrogen and oxygen atoms in total. The SMILES string of the molecule is CN(CCC(C)(C)C(N)=S)C1CCOCC1. The van der Waals surface area contributed by atoms with Crippen LogP contribution in [0.1, 0.15) is 33.1 Å². The fraction of sp³-hybridized carbons (Fsp3) is 0.917. The van der Waals surface area contributed by atoms with Gasteiger partial charge in [0.15, 0.2) is 0 Å². The van der Waals surface area contributed by atoms with E-state index in [1.54, 1.807) is 0 Å². The zero-order chi connectivity index (χ0) is 12.2.